The van der Waals surface area contributed by atoms with E-state index in [1.54, 1.807) is 25.1 Å². The van der Waals surface area contributed by atoms with Crippen molar-refractivity contribution in [1.82, 2.24) is 5.32 Å². The number of hydrogen-bond donors (Lipinski definition) is 1. The highest BCUT2D eigenvalue weighted by atomic mass is 16.6. The van der Waals surface area contributed by atoms with Crippen molar-refractivity contribution in [3.63, 3.8) is 0 Å². The summed E-state index contributed by atoms with van der Waals surface area (Å²) in [6.45, 7) is 2.82. The van der Waals surface area contributed by atoms with Gasteiger partial charge < -0.3 is 24.3 Å². The fourth-order valence-electron chi connectivity index (χ4n) is 2.65. The van der Waals surface area contributed by atoms with Gasteiger partial charge in [-0.3, -0.25) is 4.79 Å². The summed E-state index contributed by atoms with van der Waals surface area (Å²) in [5, 5.41) is 12.0. The molecule has 1 N–H and O–H groups in total. The highest BCUT2D eigenvalue weighted by molar-refractivity contribution is 6.01. The normalized spacial score (nSPS) is 16.2. The van der Waals surface area contributed by atoms with E-state index in [1.165, 1.54) is 13.2 Å². The van der Waals surface area contributed by atoms with Gasteiger partial charge in [-0.2, -0.15) is 5.26 Å². The Morgan fingerprint density at radius 1 is 1.39 bits per heavy atom. The molecule has 0 saturated carbocycles. The molecule has 0 spiro atoms. The van der Waals surface area contributed by atoms with Crippen LogP contribution in [0.15, 0.2) is 23.8 Å². The molecular weight excluding hydrogens is 364 g/mol. The first-order valence-corrected chi connectivity index (χ1v) is 9.05. The molecule has 1 aliphatic heterocycles. The molecule has 2 rings (SSSR count). The van der Waals surface area contributed by atoms with Crippen molar-refractivity contribution in [2.75, 3.05) is 33.5 Å². The van der Waals surface area contributed by atoms with Gasteiger partial charge in [0.15, 0.2) is 18.1 Å². The number of nitriles is 1. The minimum atomic E-state index is -0.483. The van der Waals surface area contributed by atoms with Crippen LogP contribution in [0.1, 0.15) is 25.3 Å². The molecule has 0 aliphatic carbocycles. The molecule has 1 amide bonds. The summed E-state index contributed by atoms with van der Waals surface area (Å²) < 4.78 is 20.9. The van der Waals surface area contributed by atoms with E-state index in [9.17, 15) is 14.9 Å². The monoisotopic (exact) mass is 388 g/mol. The number of nitrogens with zero attached hydrogens (tertiary/aromatic N) is 1. The lowest BCUT2D eigenvalue weighted by Crippen LogP contribution is -2.32. The number of esters is 1. The Morgan fingerprint density at radius 2 is 2.21 bits per heavy atom. The van der Waals surface area contributed by atoms with Crippen molar-refractivity contribution in [1.29, 1.82) is 5.26 Å². The van der Waals surface area contributed by atoms with E-state index in [0.29, 0.717) is 30.2 Å². The molecule has 0 unspecified atom stereocenters. The van der Waals surface area contributed by atoms with Crippen LogP contribution in [0.4, 0.5) is 0 Å². The maximum Gasteiger partial charge on any atom is 0.344 e. The smallest absolute Gasteiger partial charge is 0.344 e. The van der Waals surface area contributed by atoms with E-state index < -0.39 is 11.9 Å². The minimum absolute atomic E-state index is 0.000169. The lowest BCUT2D eigenvalue weighted by atomic mass is 10.1. The number of rotatable bonds is 9. The minimum Gasteiger partial charge on any atom is -0.493 e. The van der Waals surface area contributed by atoms with E-state index in [1.807, 2.05) is 6.07 Å². The molecule has 0 radical (unpaired) electrons. The molecule has 150 valence electrons. The van der Waals surface area contributed by atoms with Gasteiger partial charge in [0.2, 0.25) is 0 Å². The quantitative estimate of drug-likeness (QED) is 0.391. The van der Waals surface area contributed by atoms with Crippen LogP contribution in [0.25, 0.3) is 6.08 Å². The van der Waals surface area contributed by atoms with Gasteiger partial charge >= 0.3 is 5.97 Å². The fourth-order valence-corrected chi connectivity index (χ4v) is 2.65. The predicted molar refractivity (Wildman–Crippen MR) is 101 cm³/mol. The van der Waals surface area contributed by atoms with Crippen molar-refractivity contribution >= 4 is 18.0 Å². The Balaban J connectivity index is 2.04. The van der Waals surface area contributed by atoms with Gasteiger partial charge in [-0.15, -0.1) is 0 Å². The van der Waals surface area contributed by atoms with E-state index in [4.69, 9.17) is 18.9 Å². The van der Waals surface area contributed by atoms with Crippen LogP contribution >= 0.6 is 0 Å². The van der Waals surface area contributed by atoms with E-state index in [0.717, 1.165) is 12.8 Å². The van der Waals surface area contributed by atoms with Crippen molar-refractivity contribution in [2.24, 2.45) is 0 Å². The molecule has 0 aromatic heterocycles. The van der Waals surface area contributed by atoms with Gasteiger partial charge in [0.25, 0.3) is 5.91 Å². The van der Waals surface area contributed by atoms with Crippen molar-refractivity contribution in [3.8, 4) is 17.6 Å². The first kappa shape index (κ1) is 21.3. The Labute approximate surface area is 164 Å². The fraction of sp³-hybridized carbons (Fsp3) is 0.450. The number of benzene rings is 1. The third kappa shape index (κ3) is 6.28. The molecule has 1 aromatic carbocycles. The summed E-state index contributed by atoms with van der Waals surface area (Å²) in [7, 11) is 1.46. The third-order valence-electron chi connectivity index (χ3n) is 4.03. The number of ether oxygens (including phenoxy) is 4. The third-order valence-corrected chi connectivity index (χ3v) is 4.03. The van der Waals surface area contributed by atoms with Crippen molar-refractivity contribution < 1.29 is 28.5 Å². The molecular formula is C20H24N2O6. The molecule has 1 atom stereocenters. The first-order chi connectivity index (χ1) is 13.6. The van der Waals surface area contributed by atoms with Gasteiger partial charge in [0.05, 0.1) is 19.8 Å². The Bertz CT molecular complexity index is 762. The van der Waals surface area contributed by atoms with Crippen LogP contribution < -0.4 is 14.8 Å². The lowest BCUT2D eigenvalue weighted by Gasteiger charge is -2.11. The molecule has 1 saturated heterocycles. The van der Waals surface area contributed by atoms with Crippen LogP contribution in [0.5, 0.6) is 11.5 Å². The SMILES string of the molecule is CCOC(=O)COc1ccc(/C=C(\C#N)C(=O)NC[C@H]2CCCO2)cc1OC. The summed E-state index contributed by atoms with van der Waals surface area (Å²) in [6, 6.07) is 6.78. The van der Waals surface area contributed by atoms with Gasteiger partial charge in [-0.25, -0.2) is 4.79 Å². The zero-order chi connectivity index (χ0) is 20.4. The zero-order valence-electron chi connectivity index (χ0n) is 16.0. The maximum atomic E-state index is 12.2. The largest absolute Gasteiger partial charge is 0.493 e. The second kappa shape index (κ2) is 10.9. The van der Waals surface area contributed by atoms with E-state index >= 15 is 0 Å². The Morgan fingerprint density at radius 3 is 2.86 bits per heavy atom. The van der Waals surface area contributed by atoms with Crippen LogP contribution in [0.2, 0.25) is 0 Å². The van der Waals surface area contributed by atoms with E-state index in [-0.39, 0.29) is 24.9 Å². The predicted octanol–water partition coefficient (Wildman–Crippen LogP) is 1.84. The Hall–Kier alpha value is -3.05. The zero-order valence-corrected chi connectivity index (χ0v) is 16.0. The summed E-state index contributed by atoms with van der Waals surface area (Å²) >= 11 is 0. The molecule has 28 heavy (non-hydrogen) atoms. The summed E-state index contributed by atoms with van der Waals surface area (Å²) in [6.07, 6.45) is 3.34. The molecule has 1 heterocycles. The summed E-state index contributed by atoms with van der Waals surface area (Å²) in [4.78, 5) is 23.6. The average Bonchev–Trinajstić information content (AvgIpc) is 3.22. The van der Waals surface area contributed by atoms with E-state index in [2.05, 4.69) is 5.32 Å². The number of nitrogens with one attached hydrogen (secondary N) is 1. The van der Waals surface area contributed by atoms with Crippen LogP contribution in [0, 0.1) is 11.3 Å². The maximum absolute atomic E-state index is 12.2. The highest BCUT2D eigenvalue weighted by Gasteiger charge is 2.18. The number of amides is 1. The van der Waals surface area contributed by atoms with Crippen LogP contribution in [-0.4, -0.2) is 51.5 Å². The number of carbonyl (C=O) groups excluding carboxylic acids is 2. The lowest BCUT2D eigenvalue weighted by molar-refractivity contribution is -0.145. The van der Waals surface area contributed by atoms with Gasteiger partial charge in [0, 0.05) is 13.2 Å². The van der Waals surface area contributed by atoms with Gasteiger partial charge in [-0.05, 0) is 43.5 Å². The molecule has 8 nitrogen and oxygen atoms in total. The van der Waals surface area contributed by atoms with Crippen molar-refractivity contribution in [2.45, 2.75) is 25.9 Å². The molecule has 0 bridgehead atoms. The second-order valence-electron chi connectivity index (χ2n) is 6.02. The summed E-state index contributed by atoms with van der Waals surface area (Å²) in [5.41, 5.74) is 0.560. The first-order valence-electron chi connectivity index (χ1n) is 9.05. The summed E-state index contributed by atoms with van der Waals surface area (Å²) in [5.74, 6) is -0.216. The van der Waals surface area contributed by atoms with Crippen LogP contribution in [0.3, 0.4) is 0 Å². The molecule has 8 heteroatoms. The topological polar surface area (TPSA) is 107 Å². The molecule has 1 aromatic rings. The molecule has 1 fully saturated rings. The van der Waals surface area contributed by atoms with Gasteiger partial charge in [-0.1, -0.05) is 6.07 Å². The standard InChI is InChI=1S/C20H24N2O6/c1-3-26-19(23)13-28-17-7-6-14(10-18(17)25-2)9-15(11-21)20(24)22-12-16-5-4-8-27-16/h6-7,9-10,16H,3-5,8,12-13H2,1-2H3,(H,22,24)/b15-9+/t16-/m1/s1. The second-order valence-corrected chi connectivity index (χ2v) is 6.02. The highest BCUT2D eigenvalue weighted by Crippen LogP contribution is 2.29. The average molecular weight is 388 g/mol. The Kier molecular flexibility index (Phi) is 8.31. The van der Waals surface area contributed by atoms with Crippen LogP contribution in [-0.2, 0) is 19.1 Å². The number of methoxy groups -OCH3 is 1. The number of carbonyl (C=O) groups is 2. The van der Waals surface area contributed by atoms with Gasteiger partial charge in [0.1, 0.15) is 11.6 Å². The number of hydrogen-bond acceptors (Lipinski definition) is 7. The molecule has 1 aliphatic rings. The van der Waals surface area contributed by atoms with Crippen molar-refractivity contribution in [3.05, 3.63) is 29.3 Å².